The standard InChI is InChI=1S/C19H23F3N6O2/c1-18(2,3)30-17(29)28-10-8-27(9-11-28)16-15(23-6-7-24-16)26-14-5-4-13(12-25-14)19(20,21)22/h4-7,12H,8-11H2,1-3H3,(H,23,25,26). The van der Waals surface area contributed by atoms with Crippen LogP contribution in [-0.4, -0.2) is 57.7 Å². The fourth-order valence-corrected chi connectivity index (χ4v) is 2.83. The summed E-state index contributed by atoms with van der Waals surface area (Å²) in [4.78, 5) is 28.2. The van der Waals surface area contributed by atoms with E-state index >= 15 is 0 Å². The lowest BCUT2D eigenvalue weighted by Crippen LogP contribution is -2.50. The van der Waals surface area contributed by atoms with Crippen LogP contribution in [0.4, 0.5) is 35.4 Å². The van der Waals surface area contributed by atoms with Gasteiger partial charge in [0, 0.05) is 44.8 Å². The van der Waals surface area contributed by atoms with Crippen molar-refractivity contribution in [1.82, 2.24) is 19.9 Å². The number of anilines is 3. The number of ether oxygens (including phenoxy) is 1. The molecule has 2 aromatic heterocycles. The van der Waals surface area contributed by atoms with E-state index in [1.54, 1.807) is 4.90 Å². The molecule has 1 fully saturated rings. The molecule has 3 rings (SSSR count). The molecule has 0 saturated carbocycles. The lowest BCUT2D eigenvalue weighted by Gasteiger charge is -2.36. The van der Waals surface area contributed by atoms with E-state index in [4.69, 9.17) is 4.74 Å². The number of nitrogens with zero attached hydrogens (tertiary/aromatic N) is 5. The van der Waals surface area contributed by atoms with Gasteiger partial charge in [0.05, 0.1) is 5.56 Å². The summed E-state index contributed by atoms with van der Waals surface area (Å²) < 4.78 is 43.5. The molecular weight excluding hydrogens is 401 g/mol. The van der Waals surface area contributed by atoms with Crippen LogP contribution in [0.5, 0.6) is 0 Å². The normalized spacial score (nSPS) is 15.1. The van der Waals surface area contributed by atoms with Gasteiger partial charge in [0.25, 0.3) is 0 Å². The van der Waals surface area contributed by atoms with Crippen molar-refractivity contribution in [2.45, 2.75) is 32.5 Å². The number of piperazine rings is 1. The van der Waals surface area contributed by atoms with Crippen molar-refractivity contribution in [2.24, 2.45) is 0 Å². The van der Waals surface area contributed by atoms with Crippen molar-refractivity contribution < 1.29 is 22.7 Å². The van der Waals surface area contributed by atoms with E-state index in [1.165, 1.54) is 18.5 Å². The summed E-state index contributed by atoms with van der Waals surface area (Å²) in [6.45, 7) is 7.35. The largest absolute Gasteiger partial charge is 0.444 e. The highest BCUT2D eigenvalue weighted by molar-refractivity contribution is 5.70. The first-order valence-corrected chi connectivity index (χ1v) is 9.37. The van der Waals surface area contributed by atoms with Gasteiger partial charge in [0.15, 0.2) is 11.6 Å². The Bertz CT molecular complexity index is 875. The summed E-state index contributed by atoms with van der Waals surface area (Å²) in [6, 6.07) is 2.19. The number of aromatic nitrogens is 3. The van der Waals surface area contributed by atoms with Crippen molar-refractivity contribution in [3.8, 4) is 0 Å². The van der Waals surface area contributed by atoms with Crippen molar-refractivity contribution >= 4 is 23.5 Å². The van der Waals surface area contributed by atoms with Gasteiger partial charge in [-0.05, 0) is 32.9 Å². The minimum atomic E-state index is -4.45. The van der Waals surface area contributed by atoms with Crippen LogP contribution in [0.3, 0.4) is 0 Å². The highest BCUT2D eigenvalue weighted by Gasteiger charge is 2.31. The van der Waals surface area contributed by atoms with E-state index < -0.39 is 17.3 Å². The van der Waals surface area contributed by atoms with Gasteiger partial charge in [0.2, 0.25) is 0 Å². The monoisotopic (exact) mass is 424 g/mol. The van der Waals surface area contributed by atoms with Crippen molar-refractivity contribution in [1.29, 1.82) is 0 Å². The number of pyridine rings is 1. The average Bonchev–Trinajstić information content (AvgIpc) is 2.67. The molecule has 30 heavy (non-hydrogen) atoms. The van der Waals surface area contributed by atoms with Gasteiger partial charge >= 0.3 is 12.3 Å². The van der Waals surface area contributed by atoms with Gasteiger partial charge in [-0.25, -0.2) is 19.7 Å². The molecular formula is C19H23F3N6O2. The molecule has 0 bridgehead atoms. The van der Waals surface area contributed by atoms with Crippen LogP contribution in [0.15, 0.2) is 30.7 Å². The number of carbonyl (C=O) groups excluding carboxylic acids is 1. The van der Waals surface area contributed by atoms with Crippen LogP contribution in [0.1, 0.15) is 26.3 Å². The maximum absolute atomic E-state index is 12.7. The number of amides is 1. The van der Waals surface area contributed by atoms with Gasteiger partial charge in [0.1, 0.15) is 11.4 Å². The smallest absolute Gasteiger partial charge is 0.417 e. The lowest BCUT2D eigenvalue weighted by molar-refractivity contribution is -0.137. The molecule has 0 aliphatic carbocycles. The second kappa shape index (κ2) is 8.33. The third-order valence-electron chi connectivity index (χ3n) is 4.25. The van der Waals surface area contributed by atoms with Gasteiger partial charge in [-0.2, -0.15) is 13.2 Å². The van der Waals surface area contributed by atoms with Crippen LogP contribution in [0, 0.1) is 0 Å². The number of rotatable bonds is 3. The van der Waals surface area contributed by atoms with Crippen LogP contribution >= 0.6 is 0 Å². The molecule has 0 radical (unpaired) electrons. The van der Waals surface area contributed by atoms with Gasteiger partial charge in [-0.15, -0.1) is 0 Å². The Morgan fingerprint density at radius 3 is 2.27 bits per heavy atom. The molecule has 1 amide bonds. The Morgan fingerprint density at radius 2 is 1.70 bits per heavy atom. The van der Waals surface area contributed by atoms with Crippen molar-refractivity contribution in [3.63, 3.8) is 0 Å². The quantitative estimate of drug-likeness (QED) is 0.805. The Balaban J connectivity index is 1.67. The number of carbonyl (C=O) groups is 1. The third kappa shape index (κ3) is 5.49. The minimum absolute atomic E-state index is 0.220. The Labute approximate surface area is 172 Å². The van der Waals surface area contributed by atoms with E-state index in [0.717, 1.165) is 12.3 Å². The van der Waals surface area contributed by atoms with Crippen LogP contribution in [0.25, 0.3) is 0 Å². The highest BCUT2D eigenvalue weighted by Crippen LogP contribution is 2.30. The number of alkyl halides is 3. The zero-order valence-corrected chi connectivity index (χ0v) is 16.9. The second-order valence-corrected chi connectivity index (χ2v) is 7.74. The SMILES string of the molecule is CC(C)(C)OC(=O)N1CCN(c2nccnc2Nc2ccc(C(F)(F)F)cn2)CC1. The van der Waals surface area contributed by atoms with Gasteiger partial charge < -0.3 is 19.9 Å². The summed E-state index contributed by atoms with van der Waals surface area (Å²) in [7, 11) is 0. The Kier molecular flexibility index (Phi) is 5.99. The summed E-state index contributed by atoms with van der Waals surface area (Å²) in [5.74, 6) is 1.12. The Hall–Kier alpha value is -3.11. The number of nitrogens with one attached hydrogen (secondary N) is 1. The molecule has 1 aliphatic heterocycles. The summed E-state index contributed by atoms with van der Waals surface area (Å²) >= 11 is 0. The number of halogens is 3. The number of hydrogen-bond donors (Lipinski definition) is 1. The fraction of sp³-hybridized carbons (Fsp3) is 0.474. The molecule has 1 saturated heterocycles. The third-order valence-corrected chi connectivity index (χ3v) is 4.25. The molecule has 0 atom stereocenters. The first-order chi connectivity index (χ1) is 14.0. The summed E-state index contributed by atoms with van der Waals surface area (Å²) in [6.07, 6.45) is -1.04. The molecule has 0 unspecified atom stereocenters. The lowest BCUT2D eigenvalue weighted by atomic mass is 10.2. The average molecular weight is 424 g/mol. The topological polar surface area (TPSA) is 83.5 Å². The van der Waals surface area contributed by atoms with E-state index in [0.29, 0.717) is 37.8 Å². The molecule has 0 aromatic carbocycles. The molecule has 0 spiro atoms. The maximum Gasteiger partial charge on any atom is 0.417 e. The molecule has 1 N–H and O–H groups in total. The molecule has 2 aromatic rings. The van der Waals surface area contributed by atoms with Crippen LogP contribution in [-0.2, 0) is 10.9 Å². The first kappa shape index (κ1) is 21.6. The van der Waals surface area contributed by atoms with Crippen molar-refractivity contribution in [3.05, 3.63) is 36.3 Å². The molecule has 1 aliphatic rings. The van der Waals surface area contributed by atoms with Crippen LogP contribution < -0.4 is 10.2 Å². The van der Waals surface area contributed by atoms with E-state index in [-0.39, 0.29) is 11.9 Å². The maximum atomic E-state index is 12.7. The van der Waals surface area contributed by atoms with E-state index in [1.807, 2.05) is 25.7 Å². The predicted octanol–water partition coefficient (Wildman–Crippen LogP) is 3.69. The first-order valence-electron chi connectivity index (χ1n) is 9.37. The second-order valence-electron chi connectivity index (χ2n) is 7.74. The molecule has 8 nitrogen and oxygen atoms in total. The molecule has 3 heterocycles. The van der Waals surface area contributed by atoms with E-state index in [9.17, 15) is 18.0 Å². The summed E-state index contributed by atoms with van der Waals surface area (Å²) in [5, 5.41) is 2.91. The predicted molar refractivity (Wildman–Crippen MR) is 105 cm³/mol. The Morgan fingerprint density at radius 1 is 1.03 bits per heavy atom. The van der Waals surface area contributed by atoms with E-state index in [2.05, 4.69) is 20.3 Å². The highest BCUT2D eigenvalue weighted by atomic mass is 19.4. The van der Waals surface area contributed by atoms with Crippen LogP contribution in [0.2, 0.25) is 0 Å². The van der Waals surface area contributed by atoms with Gasteiger partial charge in [-0.3, -0.25) is 0 Å². The molecule has 162 valence electrons. The van der Waals surface area contributed by atoms with Gasteiger partial charge in [-0.1, -0.05) is 0 Å². The van der Waals surface area contributed by atoms with Crippen molar-refractivity contribution in [2.75, 3.05) is 36.4 Å². The fourth-order valence-electron chi connectivity index (χ4n) is 2.83. The minimum Gasteiger partial charge on any atom is -0.444 e. The summed E-state index contributed by atoms with van der Waals surface area (Å²) in [5.41, 5.74) is -1.39. The zero-order valence-electron chi connectivity index (χ0n) is 16.9. The zero-order chi connectivity index (χ0) is 21.9. The molecule has 11 heteroatoms. The number of hydrogen-bond acceptors (Lipinski definition) is 7.